The second-order valence-electron chi connectivity index (χ2n) is 5.07. The molecule has 1 aromatic heterocycles. The van der Waals surface area contributed by atoms with Gasteiger partial charge >= 0.3 is 16.3 Å². The minimum Gasteiger partial charge on any atom is -0.379 e. The Labute approximate surface area is 135 Å². The van der Waals surface area contributed by atoms with Gasteiger partial charge in [-0.1, -0.05) is 6.07 Å². The lowest BCUT2D eigenvalue weighted by Crippen LogP contribution is -2.12. The van der Waals surface area contributed by atoms with E-state index in [-0.39, 0.29) is 5.75 Å². The molecule has 0 fully saturated rings. The van der Waals surface area contributed by atoms with Gasteiger partial charge in [-0.05, 0) is 30.3 Å². The summed E-state index contributed by atoms with van der Waals surface area (Å²) in [6.07, 6.45) is -3.09. The van der Waals surface area contributed by atoms with E-state index >= 15 is 0 Å². The van der Waals surface area contributed by atoms with Crippen molar-refractivity contribution in [2.75, 3.05) is 0 Å². The van der Waals surface area contributed by atoms with Crippen LogP contribution in [0.2, 0.25) is 0 Å². The van der Waals surface area contributed by atoms with Crippen LogP contribution in [0.4, 0.5) is 13.2 Å². The molecule has 0 atom stereocenters. The number of hydrogen-bond donors (Lipinski definition) is 0. The molecule has 9 heteroatoms. The van der Waals surface area contributed by atoms with Gasteiger partial charge in [-0.15, -0.1) is 0 Å². The van der Waals surface area contributed by atoms with Crippen LogP contribution in [0.5, 0.6) is 5.75 Å². The summed E-state index contributed by atoms with van der Waals surface area (Å²) in [5, 5.41) is 0. The lowest BCUT2D eigenvalue weighted by Gasteiger charge is -2.10. The first-order valence-corrected chi connectivity index (χ1v) is 8.10. The van der Waals surface area contributed by atoms with Crippen LogP contribution in [0.25, 0.3) is 11.0 Å². The predicted octanol–water partition coefficient (Wildman–Crippen LogP) is 3.36. The molecule has 0 aliphatic heterocycles. The fraction of sp³-hybridized carbons (Fsp3) is 0.133. The van der Waals surface area contributed by atoms with Gasteiger partial charge in [-0.3, -0.25) is 0 Å². The largest absolute Gasteiger partial charge is 0.416 e. The van der Waals surface area contributed by atoms with Crippen LogP contribution in [0.15, 0.2) is 53.7 Å². The van der Waals surface area contributed by atoms with E-state index in [1.807, 2.05) is 0 Å². The van der Waals surface area contributed by atoms with Crippen LogP contribution in [0.1, 0.15) is 5.56 Å². The third kappa shape index (κ3) is 3.07. The van der Waals surface area contributed by atoms with E-state index in [4.69, 9.17) is 4.18 Å². The lowest BCUT2D eigenvalue weighted by atomic mass is 10.2. The van der Waals surface area contributed by atoms with Crippen LogP contribution in [-0.2, 0) is 23.3 Å². The average molecular weight is 356 g/mol. The molecule has 0 bridgehead atoms. The quantitative estimate of drug-likeness (QED) is 0.675. The molecule has 0 aliphatic rings. The zero-order chi connectivity index (χ0) is 17.5. The number of rotatable bonds is 3. The number of aromatic nitrogens is 2. The first-order chi connectivity index (χ1) is 11.2. The zero-order valence-electron chi connectivity index (χ0n) is 12.3. The van der Waals surface area contributed by atoms with E-state index in [0.717, 1.165) is 23.7 Å². The SMILES string of the molecule is Cn1cnc2cc(OS(=O)(=O)c3cccc(C(F)(F)F)c3)ccc21. The number of alkyl halides is 3. The van der Waals surface area contributed by atoms with Gasteiger partial charge in [0, 0.05) is 13.1 Å². The number of nitrogens with zero attached hydrogens (tertiary/aromatic N) is 2. The number of fused-ring (bicyclic) bond motifs is 1. The molecule has 0 spiro atoms. The number of benzene rings is 2. The van der Waals surface area contributed by atoms with E-state index in [2.05, 4.69) is 4.98 Å². The summed E-state index contributed by atoms with van der Waals surface area (Å²) in [6.45, 7) is 0. The molecule has 0 radical (unpaired) electrons. The summed E-state index contributed by atoms with van der Waals surface area (Å²) < 4.78 is 69.2. The Morgan fingerprint density at radius 3 is 2.58 bits per heavy atom. The molecular formula is C15H11F3N2O3S. The minimum absolute atomic E-state index is 0.0291. The summed E-state index contributed by atoms with van der Waals surface area (Å²) in [5.41, 5.74) is 0.209. The van der Waals surface area contributed by atoms with Gasteiger partial charge in [0.05, 0.1) is 22.9 Å². The van der Waals surface area contributed by atoms with Crippen molar-refractivity contribution < 1.29 is 25.8 Å². The molecule has 126 valence electrons. The predicted molar refractivity (Wildman–Crippen MR) is 80.0 cm³/mol. The lowest BCUT2D eigenvalue weighted by molar-refractivity contribution is -0.137. The van der Waals surface area contributed by atoms with Crippen LogP contribution in [0, 0.1) is 0 Å². The summed E-state index contributed by atoms with van der Waals surface area (Å²) in [5.74, 6) is -0.0291. The molecule has 0 amide bonds. The van der Waals surface area contributed by atoms with E-state index in [9.17, 15) is 21.6 Å². The second-order valence-corrected chi connectivity index (χ2v) is 6.62. The van der Waals surface area contributed by atoms with E-state index in [1.54, 1.807) is 24.0 Å². The topological polar surface area (TPSA) is 61.2 Å². The van der Waals surface area contributed by atoms with Gasteiger partial charge in [0.25, 0.3) is 0 Å². The van der Waals surface area contributed by atoms with Crippen molar-refractivity contribution in [2.45, 2.75) is 11.1 Å². The molecular weight excluding hydrogens is 345 g/mol. The normalized spacial score (nSPS) is 12.5. The third-order valence-corrected chi connectivity index (χ3v) is 4.60. The highest BCUT2D eigenvalue weighted by Crippen LogP contribution is 2.31. The monoisotopic (exact) mass is 356 g/mol. The summed E-state index contributed by atoms with van der Waals surface area (Å²) >= 11 is 0. The molecule has 0 unspecified atom stereocenters. The molecule has 0 saturated heterocycles. The van der Waals surface area contributed by atoms with Gasteiger partial charge in [0.2, 0.25) is 0 Å². The van der Waals surface area contributed by atoms with Gasteiger partial charge in [-0.2, -0.15) is 21.6 Å². The van der Waals surface area contributed by atoms with Crippen molar-refractivity contribution in [3.05, 3.63) is 54.4 Å². The van der Waals surface area contributed by atoms with Crippen molar-refractivity contribution in [2.24, 2.45) is 7.05 Å². The standard InChI is InChI=1S/C15H11F3N2O3S/c1-20-9-19-13-8-11(5-6-14(13)20)23-24(21,22)12-4-2-3-10(7-12)15(16,17)18/h2-9H,1H3. The Morgan fingerprint density at radius 2 is 1.88 bits per heavy atom. The number of imidazole rings is 1. The average Bonchev–Trinajstić information content (AvgIpc) is 2.87. The van der Waals surface area contributed by atoms with Crippen molar-refractivity contribution in [3.8, 4) is 5.75 Å². The number of halogens is 3. The van der Waals surface area contributed by atoms with Gasteiger partial charge < -0.3 is 8.75 Å². The van der Waals surface area contributed by atoms with Gasteiger partial charge in [-0.25, -0.2) is 4.98 Å². The molecule has 3 rings (SSSR count). The fourth-order valence-electron chi connectivity index (χ4n) is 2.17. The van der Waals surface area contributed by atoms with E-state index in [1.165, 1.54) is 12.1 Å². The van der Waals surface area contributed by atoms with Gasteiger partial charge in [0.1, 0.15) is 10.6 Å². The second kappa shape index (κ2) is 5.52. The van der Waals surface area contributed by atoms with E-state index in [0.29, 0.717) is 11.6 Å². The molecule has 0 aliphatic carbocycles. The number of aryl methyl sites for hydroxylation is 1. The summed E-state index contributed by atoms with van der Waals surface area (Å²) in [7, 11) is -2.62. The number of hydrogen-bond acceptors (Lipinski definition) is 4. The highest BCUT2D eigenvalue weighted by molar-refractivity contribution is 7.87. The molecule has 24 heavy (non-hydrogen) atoms. The Hall–Kier alpha value is -2.55. The van der Waals surface area contributed by atoms with Crippen molar-refractivity contribution in [1.82, 2.24) is 9.55 Å². The maximum atomic E-state index is 12.7. The first-order valence-electron chi connectivity index (χ1n) is 6.70. The highest BCUT2D eigenvalue weighted by Gasteiger charge is 2.32. The fourth-order valence-corrected chi connectivity index (χ4v) is 3.14. The first kappa shape index (κ1) is 16.3. The zero-order valence-corrected chi connectivity index (χ0v) is 13.1. The molecule has 0 N–H and O–H groups in total. The maximum absolute atomic E-state index is 12.7. The van der Waals surface area contributed by atoms with Crippen LogP contribution in [-0.4, -0.2) is 18.0 Å². The molecule has 0 saturated carbocycles. The van der Waals surface area contributed by atoms with Crippen LogP contribution < -0.4 is 4.18 Å². The Kier molecular flexibility index (Phi) is 3.75. The van der Waals surface area contributed by atoms with Crippen molar-refractivity contribution in [1.29, 1.82) is 0 Å². The Bertz CT molecular complexity index is 1010. The maximum Gasteiger partial charge on any atom is 0.416 e. The molecule has 3 aromatic rings. The third-order valence-electron chi connectivity index (χ3n) is 3.35. The minimum atomic E-state index is -4.64. The molecule has 1 heterocycles. The highest BCUT2D eigenvalue weighted by atomic mass is 32.2. The smallest absolute Gasteiger partial charge is 0.379 e. The Morgan fingerprint density at radius 1 is 1.12 bits per heavy atom. The van der Waals surface area contributed by atoms with E-state index < -0.39 is 26.8 Å². The molecule has 2 aromatic carbocycles. The van der Waals surface area contributed by atoms with Gasteiger partial charge in [0.15, 0.2) is 0 Å². The van der Waals surface area contributed by atoms with Crippen molar-refractivity contribution in [3.63, 3.8) is 0 Å². The van der Waals surface area contributed by atoms with Crippen molar-refractivity contribution >= 4 is 21.2 Å². The van der Waals surface area contributed by atoms with Crippen LogP contribution in [0.3, 0.4) is 0 Å². The van der Waals surface area contributed by atoms with Crippen LogP contribution >= 0.6 is 0 Å². The summed E-state index contributed by atoms with van der Waals surface area (Å²) in [4.78, 5) is 3.50. The summed E-state index contributed by atoms with van der Waals surface area (Å²) in [6, 6.07) is 7.81. The molecule has 5 nitrogen and oxygen atoms in total. The Balaban J connectivity index is 1.95.